The van der Waals surface area contributed by atoms with Gasteiger partial charge < -0.3 is 10.8 Å². The molecule has 0 amide bonds. The maximum absolute atomic E-state index is 9.00. The largest absolute Gasteiger partial charge is 0.481 e. The molecule has 0 aliphatic rings. The zero-order valence-electron chi connectivity index (χ0n) is 13.2. The minimum atomic E-state index is -0.833. The minimum absolute atomic E-state index is 0.104. The van der Waals surface area contributed by atoms with E-state index >= 15 is 0 Å². The smallest absolute Gasteiger partial charge is 0.300 e. The van der Waals surface area contributed by atoms with Gasteiger partial charge in [0.25, 0.3) is 5.97 Å². The van der Waals surface area contributed by atoms with Gasteiger partial charge in [-0.1, -0.05) is 54.6 Å². The van der Waals surface area contributed by atoms with Crippen molar-refractivity contribution in [3.8, 4) is 20.9 Å². The van der Waals surface area contributed by atoms with Gasteiger partial charge in [0.05, 0.1) is 0 Å². The maximum atomic E-state index is 9.00. The van der Waals surface area contributed by atoms with Crippen LogP contribution in [-0.2, 0) is 4.79 Å². The molecule has 1 aromatic heterocycles. The van der Waals surface area contributed by atoms with Crippen LogP contribution in [0, 0.1) is 5.41 Å². The second-order valence-corrected chi connectivity index (χ2v) is 6.12. The van der Waals surface area contributed by atoms with Crippen molar-refractivity contribution in [1.82, 2.24) is 0 Å². The molecule has 4 N–H and O–H groups in total. The number of nitrogens with one attached hydrogen (secondary N) is 1. The highest BCUT2D eigenvalue weighted by molar-refractivity contribution is 7.18. The molecule has 0 unspecified atom stereocenters. The van der Waals surface area contributed by atoms with Crippen molar-refractivity contribution < 1.29 is 9.90 Å². The number of amidine groups is 1. The molecule has 0 bridgehead atoms. The first kappa shape index (κ1) is 17.4. The van der Waals surface area contributed by atoms with Crippen molar-refractivity contribution in [3.63, 3.8) is 0 Å². The number of aliphatic carboxylic acids is 1. The lowest BCUT2D eigenvalue weighted by Gasteiger charge is -2.00. The first-order valence-corrected chi connectivity index (χ1v) is 8.08. The topological polar surface area (TPSA) is 87.2 Å². The summed E-state index contributed by atoms with van der Waals surface area (Å²) in [5.74, 6) is -0.729. The summed E-state index contributed by atoms with van der Waals surface area (Å²) in [5.41, 5.74) is 8.62. The monoisotopic (exact) mass is 338 g/mol. The molecule has 0 radical (unpaired) electrons. The average Bonchev–Trinajstić information content (AvgIpc) is 3.05. The predicted octanol–water partition coefficient (Wildman–Crippen LogP) is 4.46. The molecule has 3 rings (SSSR count). The number of benzene rings is 2. The van der Waals surface area contributed by atoms with Gasteiger partial charge in [0, 0.05) is 22.2 Å². The molecular weight excluding hydrogens is 320 g/mol. The molecule has 5 heteroatoms. The molecule has 1 heterocycles. The van der Waals surface area contributed by atoms with Crippen LogP contribution in [0.1, 0.15) is 12.5 Å². The number of carbonyl (C=O) groups is 1. The Morgan fingerprint density at radius 1 is 0.917 bits per heavy atom. The van der Waals surface area contributed by atoms with Crippen molar-refractivity contribution >= 4 is 23.1 Å². The molecule has 0 aliphatic heterocycles. The van der Waals surface area contributed by atoms with E-state index in [1.807, 2.05) is 30.3 Å². The zero-order valence-corrected chi connectivity index (χ0v) is 14.0. The van der Waals surface area contributed by atoms with E-state index in [2.05, 4.69) is 36.4 Å². The fraction of sp³-hybridized carbons (Fsp3) is 0.0526. The Bertz CT molecular complexity index is 820. The molecule has 24 heavy (non-hydrogen) atoms. The van der Waals surface area contributed by atoms with Crippen molar-refractivity contribution in [2.75, 3.05) is 0 Å². The average molecular weight is 338 g/mol. The lowest BCUT2D eigenvalue weighted by Crippen LogP contribution is -2.10. The Morgan fingerprint density at radius 3 is 1.83 bits per heavy atom. The third-order valence-electron chi connectivity index (χ3n) is 3.14. The highest BCUT2D eigenvalue weighted by Crippen LogP contribution is 2.34. The Labute approximate surface area is 144 Å². The molecule has 0 aliphatic carbocycles. The van der Waals surface area contributed by atoms with Gasteiger partial charge >= 0.3 is 0 Å². The number of nitrogens with two attached hydrogens (primary N) is 1. The van der Waals surface area contributed by atoms with Gasteiger partial charge in [0.2, 0.25) is 0 Å². The number of hydrogen-bond acceptors (Lipinski definition) is 3. The third-order valence-corrected chi connectivity index (χ3v) is 4.33. The van der Waals surface area contributed by atoms with E-state index in [0.717, 1.165) is 18.1 Å². The molecule has 0 spiro atoms. The van der Waals surface area contributed by atoms with Gasteiger partial charge in [0.15, 0.2) is 0 Å². The van der Waals surface area contributed by atoms with E-state index in [9.17, 15) is 0 Å². The number of carboxylic acid groups (broad SMARTS) is 1. The SMILES string of the molecule is CC(=O)O.N=C(N)c1ccc(-c2ccc(-c3ccccc3)s2)cc1. The maximum Gasteiger partial charge on any atom is 0.300 e. The van der Waals surface area contributed by atoms with Crippen molar-refractivity contribution in [1.29, 1.82) is 5.41 Å². The van der Waals surface area contributed by atoms with Crippen LogP contribution in [0.5, 0.6) is 0 Å². The normalized spacial score (nSPS) is 9.71. The summed E-state index contributed by atoms with van der Waals surface area (Å²) < 4.78 is 0. The van der Waals surface area contributed by atoms with E-state index in [4.69, 9.17) is 21.0 Å². The molecule has 0 saturated heterocycles. The Kier molecular flexibility index (Phi) is 5.87. The first-order valence-electron chi connectivity index (χ1n) is 7.27. The summed E-state index contributed by atoms with van der Waals surface area (Å²) in [5, 5.41) is 14.8. The summed E-state index contributed by atoms with van der Waals surface area (Å²) in [6, 6.07) is 22.5. The second kappa shape index (κ2) is 8.08. The van der Waals surface area contributed by atoms with E-state index in [0.29, 0.717) is 0 Å². The lowest BCUT2D eigenvalue weighted by atomic mass is 10.1. The zero-order chi connectivity index (χ0) is 17.5. The van der Waals surface area contributed by atoms with E-state index in [-0.39, 0.29) is 5.84 Å². The standard InChI is InChI=1S/C17H14N2S.C2H4O2/c18-17(19)14-8-6-13(7-9-14)16-11-10-15(20-16)12-4-2-1-3-5-12;1-2(3)4/h1-11H,(H3,18,19);1H3,(H,3,4). The summed E-state index contributed by atoms with van der Waals surface area (Å²) in [4.78, 5) is 11.5. The summed E-state index contributed by atoms with van der Waals surface area (Å²) in [6.07, 6.45) is 0. The number of thiophene rings is 1. The quantitative estimate of drug-likeness (QED) is 0.487. The van der Waals surface area contributed by atoms with Gasteiger partial charge in [0.1, 0.15) is 5.84 Å². The molecular formula is C19H18N2O2S. The molecule has 122 valence electrons. The highest BCUT2D eigenvalue weighted by Gasteiger charge is 2.05. The summed E-state index contributed by atoms with van der Waals surface area (Å²) in [7, 11) is 0. The van der Waals surface area contributed by atoms with E-state index < -0.39 is 5.97 Å². The molecule has 0 saturated carbocycles. The molecule has 2 aromatic carbocycles. The predicted molar refractivity (Wildman–Crippen MR) is 99.5 cm³/mol. The summed E-state index contributed by atoms with van der Waals surface area (Å²) in [6.45, 7) is 1.08. The molecule has 0 atom stereocenters. The third kappa shape index (κ3) is 4.79. The van der Waals surface area contributed by atoms with Crippen molar-refractivity contribution in [2.24, 2.45) is 5.73 Å². The number of hydrogen-bond donors (Lipinski definition) is 3. The van der Waals surface area contributed by atoms with Crippen LogP contribution in [0.2, 0.25) is 0 Å². The van der Waals surface area contributed by atoms with Crippen LogP contribution in [-0.4, -0.2) is 16.9 Å². The fourth-order valence-corrected chi connectivity index (χ4v) is 3.08. The number of rotatable bonds is 3. The number of nitrogen functional groups attached to an aromatic ring is 1. The van der Waals surface area contributed by atoms with Crippen LogP contribution >= 0.6 is 11.3 Å². The van der Waals surface area contributed by atoms with Gasteiger partial charge in [-0.15, -0.1) is 11.3 Å². The van der Waals surface area contributed by atoms with E-state index in [1.54, 1.807) is 11.3 Å². The minimum Gasteiger partial charge on any atom is -0.481 e. The Hall–Kier alpha value is -2.92. The highest BCUT2D eigenvalue weighted by atomic mass is 32.1. The second-order valence-electron chi connectivity index (χ2n) is 5.04. The van der Waals surface area contributed by atoms with E-state index in [1.165, 1.54) is 15.3 Å². The van der Waals surface area contributed by atoms with Crippen molar-refractivity contribution in [3.05, 3.63) is 72.3 Å². The lowest BCUT2D eigenvalue weighted by molar-refractivity contribution is -0.134. The molecule has 0 fully saturated rings. The molecule has 4 nitrogen and oxygen atoms in total. The Balaban J connectivity index is 0.000000471. The van der Waals surface area contributed by atoms with Gasteiger partial charge in [-0.2, -0.15) is 0 Å². The van der Waals surface area contributed by atoms with Crippen LogP contribution in [0.4, 0.5) is 0 Å². The van der Waals surface area contributed by atoms with Gasteiger partial charge in [-0.3, -0.25) is 10.2 Å². The fourth-order valence-electron chi connectivity index (χ4n) is 2.06. The first-order chi connectivity index (χ1) is 11.5. The van der Waals surface area contributed by atoms with Gasteiger partial charge in [-0.05, 0) is 23.3 Å². The number of carboxylic acids is 1. The molecule has 3 aromatic rings. The Morgan fingerprint density at radius 2 is 1.38 bits per heavy atom. The van der Waals surface area contributed by atoms with Gasteiger partial charge in [-0.25, -0.2) is 0 Å². The summed E-state index contributed by atoms with van der Waals surface area (Å²) >= 11 is 1.77. The van der Waals surface area contributed by atoms with Crippen LogP contribution in [0.15, 0.2) is 66.7 Å². The van der Waals surface area contributed by atoms with Crippen LogP contribution in [0.3, 0.4) is 0 Å². The van der Waals surface area contributed by atoms with Crippen LogP contribution < -0.4 is 5.73 Å². The van der Waals surface area contributed by atoms with Crippen molar-refractivity contribution in [2.45, 2.75) is 6.92 Å². The van der Waals surface area contributed by atoms with Crippen LogP contribution in [0.25, 0.3) is 20.9 Å².